The minimum absolute atomic E-state index is 0.0507. The van der Waals surface area contributed by atoms with Crippen molar-refractivity contribution in [2.75, 3.05) is 6.61 Å². The summed E-state index contributed by atoms with van der Waals surface area (Å²) in [5.41, 5.74) is 1.08. The number of benzene rings is 1. The molecule has 0 saturated heterocycles. The van der Waals surface area contributed by atoms with Crippen LogP contribution in [0.5, 0.6) is 0 Å². The molecule has 0 bridgehead atoms. The van der Waals surface area contributed by atoms with Crippen molar-refractivity contribution in [3.05, 3.63) is 46.0 Å². The van der Waals surface area contributed by atoms with E-state index in [-0.39, 0.29) is 12.2 Å². The van der Waals surface area contributed by atoms with E-state index in [0.717, 1.165) is 10.0 Å². The molecule has 1 aromatic rings. The van der Waals surface area contributed by atoms with E-state index in [2.05, 4.69) is 15.9 Å². The van der Waals surface area contributed by atoms with Gasteiger partial charge < -0.3 is 4.74 Å². The van der Waals surface area contributed by atoms with Gasteiger partial charge in [0.25, 0.3) is 0 Å². The number of allylic oxidation sites excluding steroid dienone is 1. The van der Waals surface area contributed by atoms with Gasteiger partial charge in [-0.2, -0.15) is 5.26 Å². The quantitative estimate of drug-likeness (QED) is 0.487. The number of ether oxygens (including phenoxy) is 1. The Hall–Kier alpha value is -1.60. The van der Waals surface area contributed by atoms with Crippen LogP contribution in [-0.2, 0) is 16.0 Å². The summed E-state index contributed by atoms with van der Waals surface area (Å²) in [6.07, 6.45) is 2.12. The highest BCUT2D eigenvalue weighted by Gasteiger charge is 2.08. The number of rotatable bonds is 4. The maximum absolute atomic E-state index is 11.3. The SMILES string of the molecule is CCOC(=O)/C(C#N)=C/Cc1ccc(Br)cc1. The first-order chi connectivity index (χ1) is 8.17. The Morgan fingerprint density at radius 2 is 2.12 bits per heavy atom. The van der Waals surface area contributed by atoms with Crippen molar-refractivity contribution >= 4 is 21.9 Å². The molecule has 4 heteroatoms. The Morgan fingerprint density at radius 3 is 2.65 bits per heavy atom. The molecule has 0 saturated carbocycles. The van der Waals surface area contributed by atoms with Gasteiger partial charge in [0.1, 0.15) is 11.6 Å². The lowest BCUT2D eigenvalue weighted by molar-refractivity contribution is -0.138. The molecule has 0 spiro atoms. The van der Waals surface area contributed by atoms with E-state index in [1.807, 2.05) is 30.3 Å². The highest BCUT2D eigenvalue weighted by atomic mass is 79.9. The van der Waals surface area contributed by atoms with E-state index in [1.165, 1.54) is 0 Å². The molecular weight excluding hydrogens is 282 g/mol. The van der Waals surface area contributed by atoms with Crippen molar-refractivity contribution in [2.24, 2.45) is 0 Å². The van der Waals surface area contributed by atoms with Crippen LogP contribution in [0.1, 0.15) is 12.5 Å². The lowest BCUT2D eigenvalue weighted by atomic mass is 10.1. The summed E-state index contributed by atoms with van der Waals surface area (Å²) in [6, 6.07) is 9.54. The van der Waals surface area contributed by atoms with Crippen molar-refractivity contribution in [1.29, 1.82) is 5.26 Å². The lowest BCUT2D eigenvalue weighted by Crippen LogP contribution is -2.06. The Kier molecular flexibility index (Phi) is 5.44. The molecule has 0 radical (unpaired) electrons. The Bertz CT molecular complexity index is 457. The van der Waals surface area contributed by atoms with Gasteiger partial charge in [-0.15, -0.1) is 0 Å². The van der Waals surface area contributed by atoms with Crippen LogP contribution >= 0.6 is 15.9 Å². The molecule has 0 aromatic heterocycles. The zero-order chi connectivity index (χ0) is 12.7. The molecule has 0 unspecified atom stereocenters. The largest absolute Gasteiger partial charge is 0.462 e. The van der Waals surface area contributed by atoms with E-state index in [9.17, 15) is 4.79 Å². The maximum atomic E-state index is 11.3. The molecule has 1 rings (SSSR count). The second-order valence-corrected chi connectivity index (χ2v) is 4.20. The van der Waals surface area contributed by atoms with E-state index in [1.54, 1.807) is 13.0 Å². The normalized spacial score (nSPS) is 10.8. The smallest absolute Gasteiger partial charge is 0.348 e. The number of carbonyl (C=O) groups is 1. The maximum Gasteiger partial charge on any atom is 0.348 e. The summed E-state index contributed by atoms with van der Waals surface area (Å²) < 4.78 is 5.76. The number of halogens is 1. The number of nitrogens with zero attached hydrogens (tertiary/aromatic N) is 1. The van der Waals surface area contributed by atoms with E-state index >= 15 is 0 Å². The fraction of sp³-hybridized carbons (Fsp3) is 0.231. The topological polar surface area (TPSA) is 50.1 Å². The number of nitriles is 1. The molecule has 0 atom stereocenters. The second-order valence-electron chi connectivity index (χ2n) is 3.28. The number of hydrogen-bond donors (Lipinski definition) is 0. The van der Waals surface area contributed by atoms with Crippen LogP contribution in [0, 0.1) is 11.3 Å². The zero-order valence-corrected chi connectivity index (χ0v) is 11.0. The van der Waals surface area contributed by atoms with Gasteiger partial charge >= 0.3 is 5.97 Å². The number of esters is 1. The van der Waals surface area contributed by atoms with Crippen LogP contribution in [-0.4, -0.2) is 12.6 Å². The van der Waals surface area contributed by atoms with E-state index < -0.39 is 5.97 Å². The molecule has 0 fully saturated rings. The molecular formula is C13H12BrNO2. The lowest BCUT2D eigenvalue weighted by Gasteiger charge is -2.00. The average Bonchev–Trinajstić information content (AvgIpc) is 2.32. The van der Waals surface area contributed by atoms with Crippen molar-refractivity contribution in [2.45, 2.75) is 13.3 Å². The zero-order valence-electron chi connectivity index (χ0n) is 9.44. The second kappa shape index (κ2) is 6.87. The average molecular weight is 294 g/mol. The van der Waals surface area contributed by atoms with Crippen LogP contribution in [0.15, 0.2) is 40.4 Å². The summed E-state index contributed by atoms with van der Waals surface area (Å²) in [6.45, 7) is 1.98. The Balaban J connectivity index is 2.71. The monoisotopic (exact) mass is 293 g/mol. The van der Waals surface area contributed by atoms with Crippen molar-refractivity contribution in [3.8, 4) is 6.07 Å². The summed E-state index contributed by atoms with van der Waals surface area (Å²) in [5, 5.41) is 8.82. The van der Waals surface area contributed by atoms with Crippen molar-refractivity contribution < 1.29 is 9.53 Å². The third kappa shape index (κ3) is 4.41. The first-order valence-electron chi connectivity index (χ1n) is 5.19. The fourth-order valence-corrected chi connectivity index (χ4v) is 1.49. The third-order valence-electron chi connectivity index (χ3n) is 2.07. The van der Waals surface area contributed by atoms with Crippen LogP contribution in [0.3, 0.4) is 0 Å². The van der Waals surface area contributed by atoms with E-state index in [4.69, 9.17) is 10.00 Å². The molecule has 1 aromatic carbocycles. The molecule has 88 valence electrons. The predicted octanol–water partition coefficient (Wildman–Crippen LogP) is 3.00. The van der Waals surface area contributed by atoms with Gasteiger partial charge in [0.05, 0.1) is 6.61 Å². The summed E-state index contributed by atoms with van der Waals surface area (Å²) >= 11 is 3.34. The minimum Gasteiger partial charge on any atom is -0.462 e. The van der Waals surface area contributed by atoms with Crippen LogP contribution in [0.2, 0.25) is 0 Å². The van der Waals surface area contributed by atoms with Gasteiger partial charge in [-0.3, -0.25) is 0 Å². The van der Waals surface area contributed by atoms with Crippen LogP contribution in [0.4, 0.5) is 0 Å². The van der Waals surface area contributed by atoms with E-state index in [0.29, 0.717) is 6.42 Å². The van der Waals surface area contributed by atoms with Gasteiger partial charge in [0.2, 0.25) is 0 Å². The van der Waals surface area contributed by atoms with Gasteiger partial charge in [0.15, 0.2) is 0 Å². The Labute approximate surface area is 109 Å². The molecule has 0 aliphatic rings. The summed E-state index contributed by atoms with van der Waals surface area (Å²) in [5.74, 6) is -0.563. The highest BCUT2D eigenvalue weighted by Crippen LogP contribution is 2.11. The molecule has 0 amide bonds. The summed E-state index contributed by atoms with van der Waals surface area (Å²) in [7, 11) is 0. The number of hydrogen-bond acceptors (Lipinski definition) is 3. The molecule has 0 heterocycles. The Morgan fingerprint density at radius 1 is 1.47 bits per heavy atom. The van der Waals surface area contributed by atoms with Gasteiger partial charge in [-0.25, -0.2) is 4.79 Å². The first kappa shape index (κ1) is 13.5. The van der Waals surface area contributed by atoms with Crippen molar-refractivity contribution in [3.63, 3.8) is 0 Å². The molecule has 17 heavy (non-hydrogen) atoms. The minimum atomic E-state index is -0.563. The first-order valence-corrected chi connectivity index (χ1v) is 5.98. The fourth-order valence-electron chi connectivity index (χ4n) is 1.22. The highest BCUT2D eigenvalue weighted by molar-refractivity contribution is 9.10. The van der Waals surface area contributed by atoms with Crippen LogP contribution < -0.4 is 0 Å². The van der Waals surface area contributed by atoms with Gasteiger partial charge in [-0.05, 0) is 31.0 Å². The number of carbonyl (C=O) groups excluding carboxylic acids is 1. The molecule has 0 N–H and O–H groups in total. The summed E-state index contributed by atoms with van der Waals surface area (Å²) in [4.78, 5) is 11.3. The van der Waals surface area contributed by atoms with Crippen molar-refractivity contribution in [1.82, 2.24) is 0 Å². The van der Waals surface area contributed by atoms with Gasteiger partial charge in [-0.1, -0.05) is 34.1 Å². The van der Waals surface area contributed by atoms with Crippen LogP contribution in [0.25, 0.3) is 0 Å². The predicted molar refractivity (Wildman–Crippen MR) is 68.2 cm³/mol. The standard InChI is InChI=1S/C13H12BrNO2/c1-2-17-13(16)11(9-15)6-3-10-4-7-12(14)8-5-10/h4-8H,2-3H2,1H3/b11-6+. The molecule has 0 aliphatic heterocycles. The molecule has 0 aliphatic carbocycles. The molecule has 3 nitrogen and oxygen atoms in total. The van der Waals surface area contributed by atoms with Gasteiger partial charge in [0, 0.05) is 4.47 Å². The third-order valence-corrected chi connectivity index (χ3v) is 2.60.